The molecule has 0 saturated carbocycles. The fourth-order valence-corrected chi connectivity index (χ4v) is 6.70. The molecule has 1 aliphatic rings. The number of epoxide rings is 1. The van der Waals surface area contributed by atoms with Gasteiger partial charge in [-0.05, 0) is 38.5 Å². The first-order valence-corrected chi connectivity index (χ1v) is 21.8. The van der Waals surface area contributed by atoms with Crippen LogP contribution in [0.3, 0.4) is 0 Å². The lowest BCUT2D eigenvalue weighted by Crippen LogP contribution is -2.29. The van der Waals surface area contributed by atoms with Crippen molar-refractivity contribution in [2.24, 2.45) is 5.73 Å². The molecule has 3 N–H and O–H groups in total. The first-order chi connectivity index (χ1) is 24.3. The van der Waals surface area contributed by atoms with E-state index < -0.39 is 32.5 Å². The SMILES string of the molecule is CCCCC/C=C\CC1OC1CCCCCCCC(=O)OC[C@H](COP(=O)(O)OCCN)OC(=O)CCCCCCCCCCCCCCC. The Labute approximate surface area is 304 Å². The Morgan fingerprint density at radius 1 is 0.700 bits per heavy atom. The third-order valence-corrected chi connectivity index (χ3v) is 10.1. The summed E-state index contributed by atoms with van der Waals surface area (Å²) in [5.41, 5.74) is 5.34. The maximum Gasteiger partial charge on any atom is 0.472 e. The van der Waals surface area contributed by atoms with Crippen molar-refractivity contribution in [3.05, 3.63) is 12.2 Å². The Balaban J connectivity index is 2.20. The van der Waals surface area contributed by atoms with Crippen molar-refractivity contribution in [2.45, 2.75) is 199 Å². The number of ether oxygens (including phenoxy) is 3. The number of phosphoric acid groups is 1. The van der Waals surface area contributed by atoms with Crippen molar-refractivity contribution >= 4 is 19.8 Å². The van der Waals surface area contributed by atoms with Gasteiger partial charge in [-0.2, -0.15) is 0 Å². The van der Waals surface area contributed by atoms with Crippen molar-refractivity contribution < 1.29 is 42.3 Å². The zero-order valence-corrected chi connectivity index (χ0v) is 32.7. The molecular weight excluding hydrogens is 657 g/mol. The lowest BCUT2D eigenvalue weighted by atomic mass is 10.0. The minimum Gasteiger partial charge on any atom is -0.462 e. The number of carbonyl (C=O) groups excluding carboxylic acids is 2. The summed E-state index contributed by atoms with van der Waals surface area (Å²) in [7, 11) is -4.37. The van der Waals surface area contributed by atoms with Gasteiger partial charge in [0.25, 0.3) is 0 Å². The summed E-state index contributed by atoms with van der Waals surface area (Å²) in [5, 5.41) is 0. The van der Waals surface area contributed by atoms with E-state index in [-0.39, 0.29) is 32.6 Å². The number of unbranched alkanes of at least 4 members (excludes halogenated alkanes) is 19. The van der Waals surface area contributed by atoms with Gasteiger partial charge in [0.1, 0.15) is 6.61 Å². The monoisotopic (exact) mass is 732 g/mol. The average molecular weight is 732 g/mol. The van der Waals surface area contributed by atoms with Crippen LogP contribution in [0.5, 0.6) is 0 Å². The van der Waals surface area contributed by atoms with Gasteiger partial charge in [0.2, 0.25) is 0 Å². The summed E-state index contributed by atoms with van der Waals surface area (Å²) in [6, 6.07) is 0. The summed E-state index contributed by atoms with van der Waals surface area (Å²) in [6.45, 7) is 3.68. The standard InChI is InChI=1S/C39H74NO9P/c1-3-5-7-9-11-12-13-14-15-16-17-21-26-30-39(42)48-35(34-47-50(43,44)46-32-31-40)33-45-38(41)29-25-22-18-20-24-28-37-36(49-37)27-23-19-10-8-6-4-2/h19,23,35-37H,3-18,20-22,24-34,40H2,1-2H3,(H,43,44)/b23-19-/t35-,36?,37?/m1/s1. The molecule has 0 amide bonds. The van der Waals surface area contributed by atoms with Crippen LogP contribution < -0.4 is 5.73 Å². The van der Waals surface area contributed by atoms with Crippen molar-refractivity contribution in [2.75, 3.05) is 26.4 Å². The number of esters is 2. The molecule has 0 aliphatic carbocycles. The third-order valence-electron chi connectivity index (χ3n) is 9.08. The number of nitrogens with two attached hydrogens (primary N) is 1. The van der Waals surface area contributed by atoms with Crippen LogP contribution in [0, 0.1) is 0 Å². The Morgan fingerprint density at radius 2 is 1.24 bits per heavy atom. The zero-order valence-electron chi connectivity index (χ0n) is 31.8. The summed E-state index contributed by atoms with van der Waals surface area (Å²) in [6.07, 6.45) is 32.6. The molecule has 10 nitrogen and oxygen atoms in total. The predicted molar refractivity (Wildman–Crippen MR) is 201 cm³/mol. The van der Waals surface area contributed by atoms with E-state index in [1.54, 1.807) is 0 Å². The number of carbonyl (C=O) groups is 2. The first-order valence-electron chi connectivity index (χ1n) is 20.3. The third kappa shape index (κ3) is 29.3. The minimum atomic E-state index is -4.37. The molecule has 0 aromatic heterocycles. The predicted octanol–water partition coefficient (Wildman–Crippen LogP) is 10.0. The van der Waals surface area contributed by atoms with E-state index in [4.69, 9.17) is 29.0 Å². The number of hydrogen-bond donors (Lipinski definition) is 2. The molecule has 1 fully saturated rings. The summed E-state index contributed by atoms with van der Waals surface area (Å²) >= 11 is 0. The van der Waals surface area contributed by atoms with Gasteiger partial charge in [-0.15, -0.1) is 0 Å². The van der Waals surface area contributed by atoms with Crippen molar-refractivity contribution in [1.82, 2.24) is 0 Å². The maximum atomic E-state index is 12.5. The molecule has 1 saturated heterocycles. The molecule has 11 heteroatoms. The molecule has 0 bridgehead atoms. The van der Waals surface area contributed by atoms with Gasteiger partial charge in [-0.25, -0.2) is 4.57 Å². The van der Waals surface area contributed by atoms with Crippen LogP contribution in [0.25, 0.3) is 0 Å². The van der Waals surface area contributed by atoms with E-state index in [0.29, 0.717) is 25.0 Å². The van der Waals surface area contributed by atoms with Gasteiger partial charge >= 0.3 is 19.8 Å². The number of hydrogen-bond acceptors (Lipinski definition) is 9. The molecule has 1 rings (SSSR count). The van der Waals surface area contributed by atoms with Crippen molar-refractivity contribution in [3.63, 3.8) is 0 Å². The van der Waals surface area contributed by atoms with E-state index in [1.807, 2.05) is 0 Å². The quantitative estimate of drug-likeness (QED) is 0.0208. The van der Waals surface area contributed by atoms with E-state index in [0.717, 1.165) is 51.4 Å². The number of rotatable bonds is 37. The largest absolute Gasteiger partial charge is 0.472 e. The highest BCUT2D eigenvalue weighted by Gasteiger charge is 2.36. The van der Waals surface area contributed by atoms with Gasteiger partial charge in [0.05, 0.1) is 25.4 Å². The Hall–Kier alpha value is -1.29. The topological polar surface area (TPSA) is 147 Å². The molecule has 0 spiro atoms. The second kappa shape index (κ2) is 32.4. The highest BCUT2D eigenvalue weighted by atomic mass is 31.2. The van der Waals surface area contributed by atoms with E-state index >= 15 is 0 Å². The molecule has 50 heavy (non-hydrogen) atoms. The second-order valence-electron chi connectivity index (χ2n) is 13.9. The first kappa shape index (κ1) is 46.7. The molecule has 294 valence electrons. The molecule has 0 aromatic carbocycles. The Kier molecular flexibility index (Phi) is 30.3. The molecule has 0 aromatic rings. The summed E-state index contributed by atoms with van der Waals surface area (Å²) in [5.74, 6) is -0.846. The van der Waals surface area contributed by atoms with Crippen LogP contribution in [0.1, 0.15) is 181 Å². The molecule has 3 unspecified atom stereocenters. The van der Waals surface area contributed by atoms with E-state index in [9.17, 15) is 19.0 Å². The Bertz CT molecular complexity index is 903. The average Bonchev–Trinajstić information content (AvgIpc) is 3.86. The lowest BCUT2D eigenvalue weighted by molar-refractivity contribution is -0.161. The van der Waals surface area contributed by atoms with Gasteiger partial charge in [0, 0.05) is 19.4 Å². The van der Waals surface area contributed by atoms with E-state index in [2.05, 4.69) is 26.0 Å². The number of phosphoric ester groups is 1. The summed E-state index contributed by atoms with van der Waals surface area (Å²) < 4.78 is 38.5. The van der Waals surface area contributed by atoms with Crippen LogP contribution in [0.2, 0.25) is 0 Å². The molecule has 0 radical (unpaired) electrons. The second-order valence-corrected chi connectivity index (χ2v) is 15.3. The van der Waals surface area contributed by atoms with Gasteiger partial charge < -0.3 is 24.8 Å². The zero-order chi connectivity index (χ0) is 36.5. The fourth-order valence-electron chi connectivity index (χ4n) is 5.93. The maximum absolute atomic E-state index is 12.5. The molecule has 1 aliphatic heterocycles. The Morgan fingerprint density at radius 3 is 1.84 bits per heavy atom. The highest BCUT2D eigenvalue weighted by Crippen LogP contribution is 2.43. The van der Waals surface area contributed by atoms with Crippen LogP contribution in [-0.4, -0.2) is 61.5 Å². The van der Waals surface area contributed by atoms with Crippen molar-refractivity contribution in [3.8, 4) is 0 Å². The van der Waals surface area contributed by atoms with Crippen LogP contribution in [0.4, 0.5) is 0 Å². The lowest BCUT2D eigenvalue weighted by Gasteiger charge is -2.19. The normalized spacial score (nSPS) is 17.5. The van der Waals surface area contributed by atoms with Crippen LogP contribution in [-0.2, 0) is 37.4 Å². The van der Waals surface area contributed by atoms with E-state index in [1.165, 1.54) is 89.9 Å². The molecular formula is C39H74NO9P. The van der Waals surface area contributed by atoms with Crippen LogP contribution in [0.15, 0.2) is 12.2 Å². The molecule has 1 heterocycles. The van der Waals surface area contributed by atoms with Gasteiger partial charge in [-0.3, -0.25) is 18.6 Å². The van der Waals surface area contributed by atoms with Gasteiger partial charge in [-0.1, -0.05) is 142 Å². The molecule has 4 atom stereocenters. The minimum absolute atomic E-state index is 0.0512. The summed E-state index contributed by atoms with van der Waals surface area (Å²) in [4.78, 5) is 34.8. The number of allylic oxidation sites excluding steroid dienone is 1. The fraction of sp³-hybridized carbons (Fsp3) is 0.897. The smallest absolute Gasteiger partial charge is 0.462 e. The highest BCUT2D eigenvalue weighted by molar-refractivity contribution is 7.47. The van der Waals surface area contributed by atoms with Crippen molar-refractivity contribution in [1.29, 1.82) is 0 Å². The van der Waals surface area contributed by atoms with Crippen LogP contribution >= 0.6 is 7.82 Å². The van der Waals surface area contributed by atoms with Gasteiger partial charge in [0.15, 0.2) is 6.10 Å².